The fraction of sp³-hybridized carbons (Fsp3) is 0.417. The van der Waals surface area contributed by atoms with Crippen LogP contribution < -0.4 is 5.56 Å². The summed E-state index contributed by atoms with van der Waals surface area (Å²) < 4.78 is 0. The van der Waals surface area contributed by atoms with Crippen molar-refractivity contribution in [2.75, 3.05) is 14.1 Å². The van der Waals surface area contributed by atoms with Gasteiger partial charge in [-0.3, -0.25) is 9.59 Å². The van der Waals surface area contributed by atoms with Gasteiger partial charge in [0.05, 0.1) is 5.56 Å². The van der Waals surface area contributed by atoms with Crippen LogP contribution >= 0.6 is 0 Å². The molecule has 0 fully saturated rings. The zero-order valence-electron chi connectivity index (χ0n) is 10.2. The monoisotopic (exact) mass is 233 g/mol. The number of aryl methyl sites for hydroxylation is 1. The Kier molecular flexibility index (Phi) is 2.83. The van der Waals surface area contributed by atoms with Gasteiger partial charge in [0, 0.05) is 26.6 Å². The van der Waals surface area contributed by atoms with E-state index in [1.54, 1.807) is 0 Å². The van der Waals surface area contributed by atoms with Crippen molar-refractivity contribution in [2.24, 2.45) is 4.99 Å². The Hall–Kier alpha value is -1.91. The fourth-order valence-electron chi connectivity index (χ4n) is 1.82. The van der Waals surface area contributed by atoms with Crippen LogP contribution in [0.5, 0.6) is 0 Å². The van der Waals surface area contributed by atoms with E-state index in [2.05, 4.69) is 9.98 Å². The lowest BCUT2D eigenvalue weighted by Gasteiger charge is -2.11. The second-order valence-corrected chi connectivity index (χ2v) is 4.36. The normalized spacial score (nSPS) is 15.0. The number of pyridine rings is 1. The first-order valence-electron chi connectivity index (χ1n) is 5.51. The minimum atomic E-state index is -0.205. The number of hydrogen-bond donors (Lipinski definition) is 1. The molecule has 1 heterocycles. The topological polar surface area (TPSA) is 65.5 Å². The van der Waals surface area contributed by atoms with E-state index in [-0.39, 0.29) is 11.3 Å². The van der Waals surface area contributed by atoms with E-state index in [1.165, 1.54) is 6.07 Å². The van der Waals surface area contributed by atoms with E-state index in [0.29, 0.717) is 24.2 Å². The lowest BCUT2D eigenvalue weighted by atomic mass is 10.1. The third kappa shape index (κ3) is 2.13. The van der Waals surface area contributed by atoms with Crippen molar-refractivity contribution in [3.8, 4) is 0 Å². The standard InChI is InChI=1S/C12H15N3O2/c1-7(15(2)3)13-12-11-8(4-5-9(11)16)6-10(17)14-12/h6H,4-5H2,1-3H3,(H,14,17)/b13-7+. The van der Waals surface area contributed by atoms with Gasteiger partial charge in [0.1, 0.15) is 11.7 Å². The summed E-state index contributed by atoms with van der Waals surface area (Å²) in [7, 11) is 3.73. The highest BCUT2D eigenvalue weighted by Gasteiger charge is 2.24. The summed E-state index contributed by atoms with van der Waals surface area (Å²) in [5, 5.41) is 0. The SMILES string of the molecule is C/C(=N\c1[nH]c(=O)cc2c1C(=O)CC2)N(C)C. The molecule has 1 aromatic rings. The molecule has 0 radical (unpaired) electrons. The van der Waals surface area contributed by atoms with Crippen molar-refractivity contribution in [1.29, 1.82) is 0 Å². The number of nitrogens with one attached hydrogen (secondary N) is 1. The predicted octanol–water partition coefficient (Wildman–Crippen LogP) is 1.12. The van der Waals surface area contributed by atoms with Crippen molar-refractivity contribution in [1.82, 2.24) is 9.88 Å². The smallest absolute Gasteiger partial charge is 0.249 e. The molecule has 1 aromatic heterocycles. The van der Waals surface area contributed by atoms with Gasteiger partial charge in [-0.25, -0.2) is 4.99 Å². The quantitative estimate of drug-likeness (QED) is 0.584. The number of carbonyl (C=O) groups is 1. The maximum atomic E-state index is 11.7. The molecular weight excluding hydrogens is 218 g/mol. The van der Waals surface area contributed by atoms with Gasteiger partial charge in [0.15, 0.2) is 5.78 Å². The average molecular weight is 233 g/mol. The van der Waals surface area contributed by atoms with E-state index in [0.717, 1.165) is 11.4 Å². The maximum Gasteiger partial charge on any atom is 0.249 e. The summed E-state index contributed by atoms with van der Waals surface area (Å²) in [6.07, 6.45) is 1.11. The van der Waals surface area contributed by atoms with Gasteiger partial charge in [0.25, 0.3) is 0 Å². The highest BCUT2D eigenvalue weighted by atomic mass is 16.1. The lowest BCUT2D eigenvalue weighted by molar-refractivity contribution is 0.0995. The average Bonchev–Trinajstić information content (AvgIpc) is 2.59. The molecule has 1 aliphatic carbocycles. The fourth-order valence-corrected chi connectivity index (χ4v) is 1.82. The molecule has 5 nitrogen and oxygen atoms in total. The van der Waals surface area contributed by atoms with E-state index in [1.807, 2.05) is 25.9 Å². The number of hydrogen-bond acceptors (Lipinski definition) is 3. The first-order valence-corrected chi connectivity index (χ1v) is 5.51. The van der Waals surface area contributed by atoms with Crippen molar-refractivity contribution < 1.29 is 4.79 Å². The van der Waals surface area contributed by atoms with Crippen LogP contribution in [0.15, 0.2) is 15.9 Å². The maximum absolute atomic E-state index is 11.7. The van der Waals surface area contributed by atoms with Gasteiger partial charge in [-0.05, 0) is 18.9 Å². The highest BCUT2D eigenvalue weighted by Crippen LogP contribution is 2.27. The number of rotatable bonds is 1. The van der Waals surface area contributed by atoms with Gasteiger partial charge >= 0.3 is 0 Å². The van der Waals surface area contributed by atoms with E-state index < -0.39 is 0 Å². The highest BCUT2D eigenvalue weighted by molar-refractivity contribution is 6.04. The Morgan fingerprint density at radius 1 is 1.35 bits per heavy atom. The number of H-pyrrole nitrogens is 1. The molecule has 0 aliphatic heterocycles. The number of aromatic nitrogens is 1. The third-order valence-corrected chi connectivity index (χ3v) is 2.93. The van der Waals surface area contributed by atoms with Gasteiger partial charge in [-0.2, -0.15) is 0 Å². The summed E-state index contributed by atoms with van der Waals surface area (Å²) in [6, 6.07) is 1.49. The van der Waals surface area contributed by atoms with Crippen LogP contribution in [0.2, 0.25) is 0 Å². The number of ketones is 1. The summed E-state index contributed by atoms with van der Waals surface area (Å²) in [6.45, 7) is 1.83. The van der Waals surface area contributed by atoms with Crippen molar-refractivity contribution >= 4 is 17.4 Å². The molecule has 0 amide bonds. The summed E-state index contributed by atoms with van der Waals surface area (Å²) >= 11 is 0. The minimum absolute atomic E-state index is 0.0570. The molecule has 1 aliphatic rings. The number of Topliss-reactive ketones (excluding diaryl/α,β-unsaturated/α-hetero) is 1. The molecule has 0 bridgehead atoms. The zero-order valence-corrected chi connectivity index (χ0v) is 10.2. The molecule has 2 rings (SSSR count). The number of nitrogens with zero attached hydrogens (tertiary/aromatic N) is 2. The second kappa shape index (κ2) is 4.16. The number of amidine groups is 1. The Bertz CT molecular complexity index is 555. The van der Waals surface area contributed by atoms with Crippen LogP contribution in [-0.4, -0.2) is 35.6 Å². The Labute approximate surface area is 99.2 Å². The molecule has 0 atom stereocenters. The molecule has 0 unspecified atom stereocenters. The Morgan fingerprint density at radius 3 is 2.71 bits per heavy atom. The molecule has 0 aromatic carbocycles. The number of fused-ring (bicyclic) bond motifs is 1. The van der Waals surface area contributed by atoms with Gasteiger partial charge < -0.3 is 9.88 Å². The largest absolute Gasteiger partial charge is 0.366 e. The molecule has 0 spiro atoms. The van der Waals surface area contributed by atoms with E-state index in [4.69, 9.17) is 0 Å². The van der Waals surface area contributed by atoms with Crippen LogP contribution in [0.25, 0.3) is 0 Å². The van der Waals surface area contributed by atoms with E-state index in [9.17, 15) is 9.59 Å². The van der Waals surface area contributed by atoms with Crippen LogP contribution in [0, 0.1) is 0 Å². The molecule has 0 saturated carbocycles. The van der Waals surface area contributed by atoms with Crippen molar-refractivity contribution in [3.05, 3.63) is 27.5 Å². The Morgan fingerprint density at radius 2 is 2.06 bits per heavy atom. The first kappa shape index (κ1) is 11.6. The molecule has 90 valence electrons. The second-order valence-electron chi connectivity index (χ2n) is 4.36. The van der Waals surface area contributed by atoms with Gasteiger partial charge in [0.2, 0.25) is 5.56 Å². The third-order valence-electron chi connectivity index (χ3n) is 2.93. The zero-order chi connectivity index (χ0) is 12.6. The van der Waals surface area contributed by atoms with Gasteiger partial charge in [-0.1, -0.05) is 0 Å². The van der Waals surface area contributed by atoms with Crippen LogP contribution in [0.3, 0.4) is 0 Å². The molecule has 1 N–H and O–H groups in total. The Balaban J connectivity index is 2.59. The summed E-state index contributed by atoms with van der Waals surface area (Å²) in [5.41, 5.74) is 1.18. The molecule has 17 heavy (non-hydrogen) atoms. The van der Waals surface area contributed by atoms with Crippen molar-refractivity contribution in [2.45, 2.75) is 19.8 Å². The lowest BCUT2D eigenvalue weighted by Crippen LogP contribution is -2.18. The molecule has 5 heteroatoms. The number of carbonyl (C=O) groups excluding carboxylic acids is 1. The van der Waals surface area contributed by atoms with Gasteiger partial charge in [-0.15, -0.1) is 0 Å². The summed E-state index contributed by atoms with van der Waals surface area (Å²) in [4.78, 5) is 32.0. The van der Waals surface area contributed by atoms with Crippen molar-refractivity contribution in [3.63, 3.8) is 0 Å². The summed E-state index contributed by atoms with van der Waals surface area (Å²) in [5.74, 6) is 1.19. The molecular formula is C12H15N3O2. The number of aliphatic imine (C=N–C) groups is 1. The number of aromatic amines is 1. The van der Waals surface area contributed by atoms with Crippen LogP contribution in [0.4, 0.5) is 5.82 Å². The molecule has 0 saturated heterocycles. The minimum Gasteiger partial charge on any atom is -0.366 e. The first-order chi connectivity index (χ1) is 7.99. The van der Waals surface area contributed by atoms with Crippen LogP contribution in [-0.2, 0) is 6.42 Å². The van der Waals surface area contributed by atoms with Crippen LogP contribution in [0.1, 0.15) is 29.3 Å². The van der Waals surface area contributed by atoms with E-state index >= 15 is 0 Å². The predicted molar refractivity (Wildman–Crippen MR) is 66.2 cm³/mol.